The molecule has 0 bridgehead atoms. The third-order valence-corrected chi connectivity index (χ3v) is 2.78. The summed E-state index contributed by atoms with van der Waals surface area (Å²) in [5, 5.41) is 8.98. The van der Waals surface area contributed by atoms with E-state index in [4.69, 9.17) is 9.84 Å². The fraction of sp³-hybridized carbons (Fsp3) is 0.727. The maximum absolute atomic E-state index is 12.0. The topological polar surface area (TPSA) is 87.2 Å². The van der Waals surface area contributed by atoms with Gasteiger partial charge >= 0.3 is 18.0 Å². The highest BCUT2D eigenvalue weighted by atomic mass is 16.5. The Labute approximate surface area is 105 Å². The van der Waals surface area contributed by atoms with Crippen molar-refractivity contribution >= 4 is 18.0 Å². The second-order valence-electron chi connectivity index (χ2n) is 4.13. The SMILES string of the molecule is CCOC(=O)CN(C)C(=O)N1CCCC1C(=O)O. The summed E-state index contributed by atoms with van der Waals surface area (Å²) >= 11 is 0. The molecule has 0 aliphatic carbocycles. The molecule has 18 heavy (non-hydrogen) atoms. The molecule has 0 spiro atoms. The van der Waals surface area contributed by atoms with E-state index >= 15 is 0 Å². The number of esters is 1. The summed E-state index contributed by atoms with van der Waals surface area (Å²) in [7, 11) is 1.45. The molecular formula is C11H18N2O5. The molecule has 1 aliphatic rings. The van der Waals surface area contributed by atoms with E-state index in [-0.39, 0.29) is 13.2 Å². The predicted molar refractivity (Wildman–Crippen MR) is 62.0 cm³/mol. The molecule has 0 aromatic heterocycles. The van der Waals surface area contributed by atoms with Crippen LogP contribution in [0.2, 0.25) is 0 Å². The molecule has 1 heterocycles. The third kappa shape index (κ3) is 3.35. The molecule has 0 aromatic rings. The van der Waals surface area contributed by atoms with Gasteiger partial charge in [0.25, 0.3) is 0 Å². The van der Waals surface area contributed by atoms with Crippen LogP contribution in [0.5, 0.6) is 0 Å². The number of likely N-dealkylation sites (N-methyl/N-ethyl adjacent to an activating group) is 1. The smallest absolute Gasteiger partial charge is 0.326 e. The van der Waals surface area contributed by atoms with Crippen molar-refractivity contribution in [1.82, 2.24) is 9.80 Å². The number of urea groups is 1. The van der Waals surface area contributed by atoms with Crippen LogP contribution in [-0.4, -0.2) is 65.7 Å². The van der Waals surface area contributed by atoms with Crippen molar-refractivity contribution in [3.05, 3.63) is 0 Å². The predicted octanol–water partition coefficient (Wildman–Crippen LogP) is 0.150. The minimum absolute atomic E-state index is 0.171. The number of carboxylic acid groups (broad SMARTS) is 1. The van der Waals surface area contributed by atoms with Gasteiger partial charge in [-0.15, -0.1) is 0 Å². The highest BCUT2D eigenvalue weighted by molar-refractivity contribution is 5.85. The van der Waals surface area contributed by atoms with Crippen LogP contribution >= 0.6 is 0 Å². The number of carbonyl (C=O) groups is 3. The van der Waals surface area contributed by atoms with Gasteiger partial charge in [-0.25, -0.2) is 9.59 Å². The molecule has 1 N–H and O–H groups in total. The van der Waals surface area contributed by atoms with E-state index in [9.17, 15) is 14.4 Å². The second kappa shape index (κ2) is 6.23. The molecule has 0 saturated carbocycles. The van der Waals surface area contributed by atoms with Crippen molar-refractivity contribution < 1.29 is 24.2 Å². The zero-order valence-corrected chi connectivity index (χ0v) is 10.6. The number of likely N-dealkylation sites (tertiary alicyclic amines) is 1. The Kier molecular flexibility index (Phi) is 4.94. The standard InChI is InChI=1S/C11H18N2O5/c1-3-18-9(14)7-12(2)11(17)13-6-4-5-8(13)10(15)16/h8H,3-7H2,1-2H3,(H,15,16). The third-order valence-electron chi connectivity index (χ3n) is 2.78. The van der Waals surface area contributed by atoms with E-state index in [0.29, 0.717) is 19.4 Å². The van der Waals surface area contributed by atoms with Crippen molar-refractivity contribution in [3.8, 4) is 0 Å². The van der Waals surface area contributed by atoms with Crippen LogP contribution in [0.4, 0.5) is 4.79 Å². The zero-order valence-electron chi connectivity index (χ0n) is 10.6. The summed E-state index contributed by atoms with van der Waals surface area (Å²) in [6.45, 7) is 2.17. The molecule has 1 saturated heterocycles. The van der Waals surface area contributed by atoms with Crippen molar-refractivity contribution in [1.29, 1.82) is 0 Å². The fourth-order valence-corrected chi connectivity index (χ4v) is 1.94. The van der Waals surface area contributed by atoms with Gasteiger partial charge in [0.05, 0.1) is 6.61 Å². The lowest BCUT2D eigenvalue weighted by Gasteiger charge is -2.26. The van der Waals surface area contributed by atoms with Gasteiger partial charge in [0.2, 0.25) is 0 Å². The van der Waals surface area contributed by atoms with E-state index < -0.39 is 24.0 Å². The Morgan fingerprint density at radius 1 is 1.44 bits per heavy atom. The second-order valence-corrected chi connectivity index (χ2v) is 4.13. The maximum Gasteiger partial charge on any atom is 0.326 e. The van der Waals surface area contributed by atoms with E-state index in [0.717, 1.165) is 0 Å². The van der Waals surface area contributed by atoms with E-state index in [1.165, 1.54) is 16.8 Å². The molecule has 0 radical (unpaired) electrons. The molecule has 1 fully saturated rings. The Hall–Kier alpha value is -1.79. The van der Waals surface area contributed by atoms with Gasteiger partial charge in [0.1, 0.15) is 12.6 Å². The molecule has 1 unspecified atom stereocenters. The van der Waals surface area contributed by atoms with E-state index in [1.54, 1.807) is 6.92 Å². The quantitative estimate of drug-likeness (QED) is 0.725. The van der Waals surface area contributed by atoms with Gasteiger partial charge in [0, 0.05) is 13.6 Å². The number of ether oxygens (including phenoxy) is 1. The monoisotopic (exact) mass is 258 g/mol. The molecule has 2 amide bonds. The van der Waals surface area contributed by atoms with Crippen LogP contribution in [0.15, 0.2) is 0 Å². The molecule has 1 aliphatic heterocycles. The van der Waals surface area contributed by atoms with Crippen LogP contribution in [0.1, 0.15) is 19.8 Å². The number of hydrogen-bond donors (Lipinski definition) is 1. The summed E-state index contributed by atoms with van der Waals surface area (Å²) in [6.07, 6.45) is 1.12. The lowest BCUT2D eigenvalue weighted by molar-refractivity contribution is -0.143. The highest BCUT2D eigenvalue weighted by Gasteiger charge is 2.35. The molecule has 1 atom stereocenters. The van der Waals surface area contributed by atoms with Crippen LogP contribution in [0.3, 0.4) is 0 Å². The van der Waals surface area contributed by atoms with Crippen molar-refractivity contribution in [2.45, 2.75) is 25.8 Å². The Morgan fingerprint density at radius 3 is 2.67 bits per heavy atom. The van der Waals surface area contributed by atoms with Gasteiger partial charge in [0.15, 0.2) is 0 Å². The van der Waals surface area contributed by atoms with Crippen LogP contribution < -0.4 is 0 Å². The zero-order chi connectivity index (χ0) is 13.7. The summed E-state index contributed by atoms with van der Waals surface area (Å²) in [4.78, 5) is 36.6. The highest BCUT2D eigenvalue weighted by Crippen LogP contribution is 2.18. The summed E-state index contributed by atoms with van der Waals surface area (Å²) in [5.74, 6) is -1.51. The molecule has 0 aromatic carbocycles. The molecule has 102 valence electrons. The van der Waals surface area contributed by atoms with Gasteiger partial charge in [-0.2, -0.15) is 0 Å². The Morgan fingerprint density at radius 2 is 2.11 bits per heavy atom. The van der Waals surface area contributed by atoms with Crippen LogP contribution in [-0.2, 0) is 14.3 Å². The molecule has 7 nitrogen and oxygen atoms in total. The van der Waals surface area contributed by atoms with Gasteiger partial charge < -0.3 is 19.6 Å². The van der Waals surface area contributed by atoms with E-state index in [1.807, 2.05) is 0 Å². The largest absolute Gasteiger partial charge is 0.480 e. The minimum atomic E-state index is -1.01. The number of aliphatic carboxylic acids is 1. The lowest BCUT2D eigenvalue weighted by Crippen LogP contribution is -2.48. The van der Waals surface area contributed by atoms with Gasteiger partial charge in [-0.3, -0.25) is 4.79 Å². The first-order valence-corrected chi connectivity index (χ1v) is 5.87. The van der Waals surface area contributed by atoms with Crippen molar-refractivity contribution in [3.63, 3.8) is 0 Å². The molecule has 1 rings (SSSR count). The molecule has 7 heteroatoms. The van der Waals surface area contributed by atoms with Crippen molar-refractivity contribution in [2.24, 2.45) is 0 Å². The molecular weight excluding hydrogens is 240 g/mol. The summed E-state index contributed by atoms with van der Waals surface area (Å²) < 4.78 is 4.73. The maximum atomic E-state index is 12.0. The Balaban J connectivity index is 2.57. The minimum Gasteiger partial charge on any atom is -0.480 e. The van der Waals surface area contributed by atoms with Crippen LogP contribution in [0.25, 0.3) is 0 Å². The number of carboxylic acids is 1. The first-order chi connectivity index (χ1) is 8.47. The number of carbonyl (C=O) groups excluding carboxylic acids is 2. The number of nitrogens with zero attached hydrogens (tertiary/aromatic N) is 2. The lowest BCUT2D eigenvalue weighted by atomic mass is 10.2. The average Bonchev–Trinajstić information content (AvgIpc) is 2.76. The number of hydrogen-bond acceptors (Lipinski definition) is 4. The first kappa shape index (κ1) is 14.3. The Bertz CT molecular complexity index is 344. The fourth-order valence-electron chi connectivity index (χ4n) is 1.94. The normalized spacial score (nSPS) is 18.6. The average molecular weight is 258 g/mol. The summed E-state index contributed by atoms with van der Waals surface area (Å²) in [6, 6.07) is -1.24. The first-order valence-electron chi connectivity index (χ1n) is 5.87. The van der Waals surface area contributed by atoms with E-state index in [2.05, 4.69) is 0 Å². The number of rotatable bonds is 4. The van der Waals surface area contributed by atoms with Gasteiger partial charge in [-0.05, 0) is 19.8 Å². The van der Waals surface area contributed by atoms with Gasteiger partial charge in [-0.1, -0.05) is 0 Å². The number of amides is 2. The van der Waals surface area contributed by atoms with Crippen LogP contribution in [0, 0.1) is 0 Å². The summed E-state index contributed by atoms with van der Waals surface area (Å²) in [5.41, 5.74) is 0. The van der Waals surface area contributed by atoms with Crippen molar-refractivity contribution in [2.75, 3.05) is 26.7 Å².